The topological polar surface area (TPSA) is 42.7 Å². The number of ether oxygens (including phenoxy) is 1. The third-order valence-electron chi connectivity index (χ3n) is 4.85. The second-order valence-corrected chi connectivity index (χ2v) is 6.78. The number of nitrogens with zero attached hydrogens (tertiary/aromatic N) is 1. The van der Waals surface area contributed by atoms with Crippen LogP contribution in [-0.4, -0.2) is 31.0 Å². The summed E-state index contributed by atoms with van der Waals surface area (Å²) in [5.41, 5.74) is 1.05. The van der Waals surface area contributed by atoms with E-state index in [4.69, 9.17) is 9.15 Å². The molecule has 1 aliphatic heterocycles. The van der Waals surface area contributed by atoms with Gasteiger partial charge in [0, 0.05) is 19.0 Å². The molecule has 3 rings (SSSR count). The first-order chi connectivity index (χ1) is 11.6. The summed E-state index contributed by atoms with van der Waals surface area (Å²) in [6.07, 6.45) is 2.67. The van der Waals surface area contributed by atoms with Crippen LogP contribution in [0.15, 0.2) is 47.1 Å². The van der Waals surface area contributed by atoms with Crippen LogP contribution in [0.4, 0.5) is 0 Å². The molecule has 2 aromatic rings. The monoisotopic (exact) mass is 327 g/mol. The second-order valence-electron chi connectivity index (χ2n) is 6.78. The molecule has 0 saturated carbocycles. The Kier molecular flexibility index (Phi) is 4.93. The van der Waals surface area contributed by atoms with E-state index in [1.165, 1.54) is 0 Å². The van der Waals surface area contributed by atoms with E-state index < -0.39 is 0 Å². The fourth-order valence-corrected chi connectivity index (χ4v) is 3.54. The molecule has 2 unspecified atom stereocenters. The minimum absolute atomic E-state index is 0.119. The van der Waals surface area contributed by atoms with Crippen LogP contribution in [0.5, 0.6) is 5.75 Å². The van der Waals surface area contributed by atoms with Crippen molar-refractivity contribution in [2.75, 3.05) is 20.2 Å². The standard InChI is InChI=1S/C20H25NO3/c1-14(2)19(15-6-8-17(23-3)9-7-15)20(22)21-11-10-16(13-21)18-5-4-12-24-18/h4-9,12,14,16,19H,10-11,13H2,1-3H3. The number of carbonyl (C=O) groups is 1. The first kappa shape index (κ1) is 16.6. The Morgan fingerprint density at radius 2 is 2.00 bits per heavy atom. The first-order valence-electron chi connectivity index (χ1n) is 8.56. The number of hydrogen-bond donors (Lipinski definition) is 0. The van der Waals surface area contributed by atoms with Gasteiger partial charge in [-0.05, 0) is 42.2 Å². The van der Waals surface area contributed by atoms with Crippen molar-refractivity contribution >= 4 is 5.91 Å². The molecule has 0 bridgehead atoms. The fourth-order valence-electron chi connectivity index (χ4n) is 3.54. The summed E-state index contributed by atoms with van der Waals surface area (Å²) >= 11 is 0. The summed E-state index contributed by atoms with van der Waals surface area (Å²) in [6, 6.07) is 11.8. The third kappa shape index (κ3) is 3.32. The van der Waals surface area contributed by atoms with Crippen molar-refractivity contribution < 1.29 is 13.9 Å². The van der Waals surface area contributed by atoms with Gasteiger partial charge in [0.05, 0.1) is 19.3 Å². The average molecular weight is 327 g/mol. The lowest BCUT2D eigenvalue weighted by Crippen LogP contribution is -2.35. The number of hydrogen-bond acceptors (Lipinski definition) is 3. The van der Waals surface area contributed by atoms with Crippen molar-refractivity contribution in [3.63, 3.8) is 0 Å². The maximum Gasteiger partial charge on any atom is 0.230 e. The number of rotatable bonds is 5. The van der Waals surface area contributed by atoms with Crippen molar-refractivity contribution in [3.8, 4) is 5.75 Å². The highest BCUT2D eigenvalue weighted by molar-refractivity contribution is 5.84. The smallest absolute Gasteiger partial charge is 0.230 e. The van der Waals surface area contributed by atoms with E-state index in [1.54, 1.807) is 13.4 Å². The lowest BCUT2D eigenvalue weighted by Gasteiger charge is -2.26. The van der Waals surface area contributed by atoms with E-state index in [1.807, 2.05) is 41.3 Å². The summed E-state index contributed by atoms with van der Waals surface area (Å²) in [6.45, 7) is 5.75. The summed E-state index contributed by atoms with van der Waals surface area (Å²) in [5, 5.41) is 0. The van der Waals surface area contributed by atoms with Gasteiger partial charge in [-0.1, -0.05) is 26.0 Å². The van der Waals surface area contributed by atoms with E-state index in [0.29, 0.717) is 5.92 Å². The van der Waals surface area contributed by atoms with E-state index in [9.17, 15) is 4.79 Å². The molecule has 2 heterocycles. The van der Waals surface area contributed by atoms with Crippen LogP contribution in [0.25, 0.3) is 0 Å². The van der Waals surface area contributed by atoms with Crippen LogP contribution < -0.4 is 4.74 Å². The van der Waals surface area contributed by atoms with Gasteiger partial charge in [0.15, 0.2) is 0 Å². The molecule has 2 atom stereocenters. The van der Waals surface area contributed by atoms with Gasteiger partial charge in [-0.15, -0.1) is 0 Å². The summed E-state index contributed by atoms with van der Waals surface area (Å²) in [7, 11) is 1.65. The molecule has 0 aliphatic carbocycles. The number of benzene rings is 1. The Hall–Kier alpha value is -2.23. The summed E-state index contributed by atoms with van der Waals surface area (Å²) in [5.74, 6) is 2.44. The highest BCUT2D eigenvalue weighted by Gasteiger charge is 2.34. The van der Waals surface area contributed by atoms with Crippen LogP contribution in [0.3, 0.4) is 0 Å². The van der Waals surface area contributed by atoms with Crippen LogP contribution in [-0.2, 0) is 4.79 Å². The molecule has 1 aliphatic rings. The first-order valence-corrected chi connectivity index (χ1v) is 8.56. The Balaban J connectivity index is 1.75. The van der Waals surface area contributed by atoms with Crippen molar-refractivity contribution in [2.45, 2.75) is 32.1 Å². The number of methoxy groups -OCH3 is 1. The predicted molar refractivity (Wildman–Crippen MR) is 93.2 cm³/mol. The van der Waals surface area contributed by atoms with E-state index >= 15 is 0 Å². The van der Waals surface area contributed by atoms with Crippen molar-refractivity contribution in [1.29, 1.82) is 0 Å². The SMILES string of the molecule is COc1ccc(C(C(=O)N2CCC(c3ccco3)C2)C(C)C)cc1. The minimum atomic E-state index is -0.119. The molecule has 4 nitrogen and oxygen atoms in total. The maximum absolute atomic E-state index is 13.1. The molecular formula is C20H25NO3. The number of furan rings is 1. The zero-order chi connectivity index (χ0) is 17.1. The van der Waals surface area contributed by atoms with Crippen molar-refractivity contribution in [3.05, 3.63) is 54.0 Å². The van der Waals surface area contributed by atoms with Gasteiger partial charge in [0.1, 0.15) is 11.5 Å². The lowest BCUT2D eigenvalue weighted by atomic mass is 9.87. The molecule has 1 saturated heterocycles. The highest BCUT2D eigenvalue weighted by Crippen LogP contribution is 2.33. The third-order valence-corrected chi connectivity index (χ3v) is 4.85. The number of carbonyl (C=O) groups excluding carboxylic acids is 1. The largest absolute Gasteiger partial charge is 0.497 e. The minimum Gasteiger partial charge on any atom is -0.497 e. The van der Waals surface area contributed by atoms with Gasteiger partial charge in [-0.25, -0.2) is 0 Å². The van der Waals surface area contributed by atoms with Crippen molar-refractivity contribution in [2.24, 2.45) is 5.92 Å². The van der Waals surface area contributed by atoms with Crippen LogP contribution in [0.1, 0.15) is 43.4 Å². The molecule has 4 heteroatoms. The van der Waals surface area contributed by atoms with Crippen LogP contribution in [0.2, 0.25) is 0 Å². The molecule has 0 N–H and O–H groups in total. The quantitative estimate of drug-likeness (QED) is 0.832. The Labute approximate surface area is 143 Å². The van der Waals surface area contributed by atoms with Gasteiger partial charge in [0.25, 0.3) is 0 Å². The predicted octanol–water partition coefficient (Wildman–Crippen LogP) is 4.04. The molecule has 1 aromatic heterocycles. The van der Waals surface area contributed by atoms with Gasteiger partial charge in [-0.3, -0.25) is 4.79 Å². The summed E-state index contributed by atoms with van der Waals surface area (Å²) < 4.78 is 10.7. The zero-order valence-corrected chi connectivity index (χ0v) is 14.6. The average Bonchev–Trinajstić information content (AvgIpc) is 3.26. The summed E-state index contributed by atoms with van der Waals surface area (Å²) in [4.78, 5) is 15.1. The Morgan fingerprint density at radius 1 is 1.25 bits per heavy atom. The van der Waals surface area contributed by atoms with Gasteiger partial charge in [-0.2, -0.15) is 0 Å². The van der Waals surface area contributed by atoms with E-state index in [2.05, 4.69) is 13.8 Å². The van der Waals surface area contributed by atoms with Gasteiger partial charge < -0.3 is 14.1 Å². The van der Waals surface area contributed by atoms with Crippen molar-refractivity contribution in [1.82, 2.24) is 4.90 Å². The zero-order valence-electron chi connectivity index (χ0n) is 14.6. The lowest BCUT2D eigenvalue weighted by molar-refractivity contribution is -0.132. The van der Waals surface area contributed by atoms with Gasteiger partial charge >= 0.3 is 0 Å². The van der Waals surface area contributed by atoms with E-state index in [0.717, 1.165) is 36.6 Å². The second kappa shape index (κ2) is 7.12. The molecule has 1 aromatic carbocycles. The maximum atomic E-state index is 13.1. The number of amides is 1. The molecular weight excluding hydrogens is 302 g/mol. The number of likely N-dealkylation sites (tertiary alicyclic amines) is 1. The van der Waals surface area contributed by atoms with Crippen LogP contribution in [0, 0.1) is 5.92 Å². The molecule has 0 spiro atoms. The van der Waals surface area contributed by atoms with E-state index in [-0.39, 0.29) is 17.7 Å². The Bertz CT molecular complexity index is 661. The van der Waals surface area contributed by atoms with Crippen LogP contribution >= 0.6 is 0 Å². The normalized spacial score (nSPS) is 18.8. The molecule has 128 valence electrons. The fraction of sp³-hybridized carbons (Fsp3) is 0.450. The Morgan fingerprint density at radius 3 is 2.58 bits per heavy atom. The highest BCUT2D eigenvalue weighted by atomic mass is 16.5. The van der Waals surface area contributed by atoms with Gasteiger partial charge in [0.2, 0.25) is 5.91 Å². The molecule has 1 fully saturated rings. The molecule has 1 amide bonds. The molecule has 0 radical (unpaired) electrons. The molecule has 24 heavy (non-hydrogen) atoms.